The molecule has 1 aliphatic rings. The zero-order valence-electron chi connectivity index (χ0n) is 15.4. The molecule has 2 atom stereocenters. The topological polar surface area (TPSA) is 71.0 Å². The summed E-state index contributed by atoms with van der Waals surface area (Å²) < 4.78 is 10.4. The summed E-state index contributed by atoms with van der Waals surface area (Å²) in [5.74, 6) is 0.534. The highest BCUT2D eigenvalue weighted by atomic mass is 16.5. The molecule has 1 heterocycles. The minimum absolute atomic E-state index is 0.168. The maximum absolute atomic E-state index is 12.5. The van der Waals surface area contributed by atoms with Gasteiger partial charge in [-0.3, -0.25) is 9.69 Å². The van der Waals surface area contributed by atoms with Crippen LogP contribution in [-0.2, 0) is 4.74 Å². The molecule has 140 valence electrons. The summed E-state index contributed by atoms with van der Waals surface area (Å²) in [4.78, 5) is 14.8. The number of benzene rings is 1. The Kier molecular flexibility index (Phi) is 7.68. The van der Waals surface area contributed by atoms with Gasteiger partial charge < -0.3 is 19.9 Å². The number of nitrogens with one attached hydrogen (secondary N) is 1. The molecule has 25 heavy (non-hydrogen) atoms. The van der Waals surface area contributed by atoms with Crippen molar-refractivity contribution in [2.24, 2.45) is 0 Å². The lowest BCUT2D eigenvalue weighted by Crippen LogP contribution is -2.50. The minimum Gasteiger partial charge on any atom is -0.491 e. The number of amides is 1. The highest BCUT2D eigenvalue weighted by Crippen LogP contribution is 2.16. The van der Waals surface area contributed by atoms with Crippen molar-refractivity contribution in [1.29, 1.82) is 0 Å². The Hall–Kier alpha value is -1.63. The fourth-order valence-corrected chi connectivity index (χ4v) is 2.98. The van der Waals surface area contributed by atoms with Gasteiger partial charge in [0.05, 0.1) is 18.8 Å². The highest BCUT2D eigenvalue weighted by Gasteiger charge is 2.28. The zero-order valence-corrected chi connectivity index (χ0v) is 15.4. The maximum atomic E-state index is 12.5. The first kappa shape index (κ1) is 19.7. The largest absolute Gasteiger partial charge is 0.491 e. The number of aliphatic hydroxyl groups is 1. The maximum Gasteiger partial charge on any atom is 0.251 e. The minimum atomic E-state index is -0.510. The van der Waals surface area contributed by atoms with Crippen molar-refractivity contribution in [2.75, 3.05) is 33.4 Å². The Morgan fingerprint density at radius 1 is 1.32 bits per heavy atom. The molecule has 2 N–H and O–H groups in total. The van der Waals surface area contributed by atoms with E-state index in [1.807, 2.05) is 0 Å². The summed E-state index contributed by atoms with van der Waals surface area (Å²) in [6, 6.07) is 7.16. The molecule has 1 aliphatic heterocycles. The molecule has 0 radical (unpaired) electrons. The predicted octanol–water partition coefficient (Wildman–Crippen LogP) is 1.68. The van der Waals surface area contributed by atoms with Crippen molar-refractivity contribution < 1.29 is 19.4 Å². The number of methoxy groups -OCH3 is 1. The Bertz CT molecular complexity index is 533. The lowest BCUT2D eigenvalue weighted by Gasteiger charge is -2.29. The van der Waals surface area contributed by atoms with Crippen LogP contribution in [-0.4, -0.2) is 67.5 Å². The Morgan fingerprint density at radius 3 is 2.68 bits per heavy atom. The number of aliphatic hydroxyl groups excluding tert-OH is 1. The van der Waals surface area contributed by atoms with Crippen LogP contribution in [0.3, 0.4) is 0 Å². The van der Waals surface area contributed by atoms with Gasteiger partial charge in [0.1, 0.15) is 12.4 Å². The third-order valence-corrected chi connectivity index (χ3v) is 4.56. The number of ether oxygens (including phenoxy) is 2. The quantitative estimate of drug-likeness (QED) is 0.732. The van der Waals surface area contributed by atoms with Crippen molar-refractivity contribution in [2.45, 2.75) is 44.9 Å². The van der Waals surface area contributed by atoms with E-state index in [2.05, 4.69) is 24.1 Å². The molecule has 0 saturated carbocycles. The molecule has 1 amide bonds. The summed E-state index contributed by atoms with van der Waals surface area (Å²) in [5, 5.41) is 13.3. The first-order chi connectivity index (χ1) is 12.0. The van der Waals surface area contributed by atoms with Gasteiger partial charge in [-0.2, -0.15) is 0 Å². The van der Waals surface area contributed by atoms with Crippen molar-refractivity contribution in [1.82, 2.24) is 10.2 Å². The number of carbonyl (C=O) groups is 1. The highest BCUT2D eigenvalue weighted by molar-refractivity contribution is 5.94. The number of carbonyl (C=O) groups excluding carboxylic acids is 1. The summed E-state index contributed by atoms with van der Waals surface area (Å²) >= 11 is 0. The molecule has 0 aromatic heterocycles. The molecule has 0 spiro atoms. The first-order valence-electron chi connectivity index (χ1n) is 8.96. The molecule has 6 heteroatoms. The Balaban J connectivity index is 1.95. The third-order valence-electron chi connectivity index (χ3n) is 4.56. The lowest BCUT2D eigenvalue weighted by atomic mass is 10.1. The number of hydrogen-bond donors (Lipinski definition) is 2. The van der Waals surface area contributed by atoms with E-state index in [0.717, 1.165) is 13.0 Å². The fraction of sp³-hybridized carbons (Fsp3) is 0.632. The van der Waals surface area contributed by atoms with Gasteiger partial charge in [-0.1, -0.05) is 0 Å². The predicted molar refractivity (Wildman–Crippen MR) is 97.0 cm³/mol. The zero-order chi connectivity index (χ0) is 18.2. The van der Waals surface area contributed by atoms with Gasteiger partial charge in [-0.25, -0.2) is 0 Å². The average Bonchev–Trinajstić information content (AvgIpc) is 2.78. The summed E-state index contributed by atoms with van der Waals surface area (Å²) in [5.41, 5.74) is 0.562. The molecule has 6 nitrogen and oxygen atoms in total. The van der Waals surface area contributed by atoms with E-state index in [4.69, 9.17) is 9.47 Å². The lowest BCUT2D eigenvalue weighted by molar-refractivity contribution is 0.0786. The van der Waals surface area contributed by atoms with Crippen molar-refractivity contribution >= 4 is 5.91 Å². The van der Waals surface area contributed by atoms with E-state index in [1.54, 1.807) is 31.4 Å². The molecule has 1 fully saturated rings. The van der Waals surface area contributed by atoms with Crippen LogP contribution in [0.2, 0.25) is 0 Å². The van der Waals surface area contributed by atoms with Gasteiger partial charge >= 0.3 is 0 Å². The smallest absolute Gasteiger partial charge is 0.251 e. The van der Waals surface area contributed by atoms with E-state index in [9.17, 15) is 9.90 Å². The van der Waals surface area contributed by atoms with E-state index in [0.29, 0.717) is 43.5 Å². The molecule has 1 saturated heterocycles. The molecule has 1 aromatic rings. The summed E-state index contributed by atoms with van der Waals surface area (Å²) in [7, 11) is 1.62. The molecule has 0 aliphatic carbocycles. The second-order valence-electron chi connectivity index (χ2n) is 6.74. The van der Waals surface area contributed by atoms with Crippen molar-refractivity contribution in [3.05, 3.63) is 29.8 Å². The van der Waals surface area contributed by atoms with Gasteiger partial charge in [0, 0.05) is 25.3 Å². The molecular formula is C19H30N2O4. The normalized spacial score (nSPS) is 21.8. The summed E-state index contributed by atoms with van der Waals surface area (Å²) in [6.07, 6.45) is 1.14. The second kappa shape index (κ2) is 9.75. The standard InChI is InChI=1S/C19H30N2O4/c1-14(2)21-10-4-5-18(22)17(13-21)20-19(23)15-6-8-16(9-7-15)25-12-11-24-3/h6-9,14,17-18,22H,4-5,10-13H2,1-3H3,(H,20,23)/t17-,18-/m1/s1. The van der Waals surface area contributed by atoms with Gasteiger partial charge in [0.15, 0.2) is 0 Å². The van der Waals surface area contributed by atoms with Gasteiger partial charge in [-0.15, -0.1) is 0 Å². The van der Waals surface area contributed by atoms with Crippen molar-refractivity contribution in [3.63, 3.8) is 0 Å². The van der Waals surface area contributed by atoms with Crippen LogP contribution >= 0.6 is 0 Å². The molecule has 1 aromatic carbocycles. The van der Waals surface area contributed by atoms with Gasteiger partial charge in [-0.05, 0) is 57.5 Å². The second-order valence-corrected chi connectivity index (χ2v) is 6.74. The fourth-order valence-electron chi connectivity index (χ4n) is 2.98. The summed E-state index contributed by atoms with van der Waals surface area (Å²) in [6.45, 7) is 6.89. The molecular weight excluding hydrogens is 320 g/mol. The Labute approximate surface area is 150 Å². The monoisotopic (exact) mass is 350 g/mol. The van der Waals surface area contributed by atoms with Crippen LogP contribution in [0.4, 0.5) is 0 Å². The van der Waals surface area contributed by atoms with Crippen LogP contribution in [0, 0.1) is 0 Å². The SMILES string of the molecule is COCCOc1ccc(C(=O)N[C@@H]2CN(C(C)C)CCC[C@H]2O)cc1. The Morgan fingerprint density at radius 2 is 2.04 bits per heavy atom. The van der Waals surface area contributed by atoms with E-state index in [1.165, 1.54) is 0 Å². The van der Waals surface area contributed by atoms with Crippen LogP contribution in [0.5, 0.6) is 5.75 Å². The van der Waals surface area contributed by atoms with E-state index < -0.39 is 6.10 Å². The average molecular weight is 350 g/mol. The van der Waals surface area contributed by atoms with E-state index >= 15 is 0 Å². The van der Waals surface area contributed by atoms with E-state index in [-0.39, 0.29) is 11.9 Å². The first-order valence-corrected chi connectivity index (χ1v) is 8.96. The molecule has 0 bridgehead atoms. The van der Waals surface area contributed by atoms with Crippen LogP contribution in [0.25, 0.3) is 0 Å². The molecule has 2 rings (SSSR count). The number of hydrogen-bond acceptors (Lipinski definition) is 5. The van der Waals surface area contributed by atoms with Gasteiger partial charge in [0.2, 0.25) is 0 Å². The van der Waals surface area contributed by atoms with Crippen LogP contribution < -0.4 is 10.1 Å². The van der Waals surface area contributed by atoms with Gasteiger partial charge in [0.25, 0.3) is 5.91 Å². The number of likely N-dealkylation sites (tertiary alicyclic amines) is 1. The van der Waals surface area contributed by atoms with Crippen LogP contribution in [0.1, 0.15) is 37.0 Å². The van der Waals surface area contributed by atoms with Crippen molar-refractivity contribution in [3.8, 4) is 5.75 Å². The third kappa shape index (κ3) is 5.99. The number of nitrogens with zero attached hydrogens (tertiary/aromatic N) is 1. The number of rotatable bonds is 7. The van der Waals surface area contributed by atoms with Crippen LogP contribution in [0.15, 0.2) is 24.3 Å². The molecule has 0 unspecified atom stereocenters.